The van der Waals surface area contributed by atoms with Crippen molar-refractivity contribution in [1.82, 2.24) is 10.2 Å². The van der Waals surface area contributed by atoms with E-state index in [1.54, 1.807) is 12.1 Å². The Morgan fingerprint density at radius 1 is 0.846 bits per heavy atom. The molecule has 26 heavy (non-hydrogen) atoms. The van der Waals surface area contributed by atoms with Crippen LogP contribution in [0.1, 0.15) is 47.2 Å². The van der Waals surface area contributed by atoms with Gasteiger partial charge in [0.1, 0.15) is 0 Å². The highest BCUT2D eigenvalue weighted by Crippen LogP contribution is 2.13. The van der Waals surface area contributed by atoms with Crippen LogP contribution in [0.25, 0.3) is 0 Å². The van der Waals surface area contributed by atoms with E-state index in [1.807, 2.05) is 18.2 Å². The fourth-order valence-electron chi connectivity index (χ4n) is 3.25. The molecule has 1 saturated heterocycles. The number of likely N-dealkylation sites (tertiary alicyclic amines) is 1. The van der Waals surface area contributed by atoms with E-state index in [4.69, 9.17) is 0 Å². The van der Waals surface area contributed by atoms with Crippen LogP contribution < -0.4 is 5.32 Å². The molecular formula is C22H26N2O2. The Balaban J connectivity index is 1.39. The van der Waals surface area contributed by atoms with E-state index >= 15 is 0 Å². The molecule has 1 amide bonds. The summed E-state index contributed by atoms with van der Waals surface area (Å²) in [5.41, 5.74) is 3.06. The minimum atomic E-state index is -0.0876. The molecule has 1 N–H and O–H groups in total. The molecule has 0 bridgehead atoms. The Hall–Kier alpha value is -2.46. The summed E-state index contributed by atoms with van der Waals surface area (Å²) in [5, 5.41) is 2.90. The van der Waals surface area contributed by atoms with Crippen molar-refractivity contribution in [2.75, 3.05) is 13.1 Å². The van der Waals surface area contributed by atoms with Gasteiger partial charge in [0.2, 0.25) is 5.91 Å². The number of benzene rings is 2. The van der Waals surface area contributed by atoms with E-state index in [-0.39, 0.29) is 24.5 Å². The molecule has 1 aliphatic heterocycles. The van der Waals surface area contributed by atoms with Crippen LogP contribution in [0.2, 0.25) is 0 Å². The molecule has 0 aromatic heterocycles. The van der Waals surface area contributed by atoms with Gasteiger partial charge in [0.15, 0.2) is 5.78 Å². The topological polar surface area (TPSA) is 49.4 Å². The van der Waals surface area contributed by atoms with Gasteiger partial charge < -0.3 is 5.32 Å². The van der Waals surface area contributed by atoms with Gasteiger partial charge in [0.05, 0.1) is 0 Å². The average Bonchev–Trinajstić information content (AvgIpc) is 3.19. The molecule has 2 aromatic carbocycles. The maximum Gasteiger partial charge on any atom is 0.220 e. The van der Waals surface area contributed by atoms with Crippen LogP contribution in [0.5, 0.6) is 0 Å². The molecule has 2 aromatic rings. The molecule has 0 radical (unpaired) electrons. The molecule has 136 valence electrons. The number of nitrogens with zero attached hydrogens (tertiary/aromatic N) is 1. The zero-order chi connectivity index (χ0) is 18.2. The maximum atomic E-state index is 12.0. The lowest BCUT2D eigenvalue weighted by atomic mass is 10.1. The molecule has 4 heteroatoms. The number of carbonyl (C=O) groups is 2. The SMILES string of the molecule is O=C(CCC(=O)c1ccccc1)NCc1ccc(CN2CCCC2)cc1. The van der Waals surface area contributed by atoms with E-state index in [1.165, 1.54) is 31.5 Å². The second-order valence-electron chi connectivity index (χ2n) is 6.87. The monoisotopic (exact) mass is 350 g/mol. The standard InChI is InChI=1S/C22H26N2O2/c25-21(20-6-2-1-3-7-20)12-13-22(26)23-16-18-8-10-19(11-9-18)17-24-14-4-5-15-24/h1-3,6-11H,4-5,12-17H2,(H,23,26). The van der Waals surface area contributed by atoms with Gasteiger partial charge in [-0.25, -0.2) is 0 Å². The van der Waals surface area contributed by atoms with Crippen LogP contribution >= 0.6 is 0 Å². The molecular weight excluding hydrogens is 324 g/mol. The minimum Gasteiger partial charge on any atom is -0.352 e. The van der Waals surface area contributed by atoms with Crippen molar-refractivity contribution in [3.63, 3.8) is 0 Å². The maximum absolute atomic E-state index is 12.0. The van der Waals surface area contributed by atoms with Crippen molar-refractivity contribution in [3.8, 4) is 0 Å². The second-order valence-corrected chi connectivity index (χ2v) is 6.87. The Morgan fingerprint density at radius 2 is 1.50 bits per heavy atom. The van der Waals surface area contributed by atoms with Crippen molar-refractivity contribution < 1.29 is 9.59 Å². The summed E-state index contributed by atoms with van der Waals surface area (Å²) in [6, 6.07) is 17.5. The number of nitrogens with one attached hydrogen (secondary N) is 1. The number of carbonyl (C=O) groups excluding carboxylic acids is 2. The molecule has 4 nitrogen and oxygen atoms in total. The summed E-state index contributed by atoms with van der Waals surface area (Å²) in [7, 11) is 0. The molecule has 0 unspecified atom stereocenters. The van der Waals surface area contributed by atoms with Gasteiger partial charge >= 0.3 is 0 Å². The lowest BCUT2D eigenvalue weighted by Gasteiger charge is -2.14. The van der Waals surface area contributed by atoms with Crippen LogP contribution in [-0.2, 0) is 17.9 Å². The first kappa shape index (κ1) is 18.3. The van der Waals surface area contributed by atoms with Gasteiger partial charge in [-0.3, -0.25) is 14.5 Å². The summed E-state index contributed by atoms with van der Waals surface area (Å²) in [6.45, 7) is 3.90. The quantitative estimate of drug-likeness (QED) is 0.741. The lowest BCUT2D eigenvalue weighted by Crippen LogP contribution is -2.23. The molecule has 1 heterocycles. The summed E-state index contributed by atoms with van der Waals surface area (Å²) >= 11 is 0. The van der Waals surface area contributed by atoms with Crippen LogP contribution in [0.15, 0.2) is 54.6 Å². The van der Waals surface area contributed by atoms with E-state index in [9.17, 15) is 9.59 Å². The summed E-state index contributed by atoms with van der Waals surface area (Å²) in [5.74, 6) is -0.0811. The van der Waals surface area contributed by atoms with Gasteiger partial charge in [-0.2, -0.15) is 0 Å². The first-order chi connectivity index (χ1) is 12.7. The van der Waals surface area contributed by atoms with Gasteiger partial charge in [0, 0.05) is 31.5 Å². The minimum absolute atomic E-state index is 0.00650. The molecule has 3 rings (SSSR count). The lowest BCUT2D eigenvalue weighted by molar-refractivity contribution is -0.121. The summed E-state index contributed by atoms with van der Waals surface area (Å²) < 4.78 is 0. The predicted octanol–water partition coefficient (Wildman–Crippen LogP) is 3.56. The normalized spacial score (nSPS) is 14.3. The zero-order valence-electron chi connectivity index (χ0n) is 15.1. The van der Waals surface area contributed by atoms with Crippen molar-refractivity contribution in [1.29, 1.82) is 0 Å². The zero-order valence-corrected chi connectivity index (χ0v) is 15.1. The van der Waals surface area contributed by atoms with E-state index in [0.29, 0.717) is 12.1 Å². The highest BCUT2D eigenvalue weighted by molar-refractivity contribution is 5.97. The van der Waals surface area contributed by atoms with Crippen molar-refractivity contribution >= 4 is 11.7 Å². The highest BCUT2D eigenvalue weighted by atomic mass is 16.2. The van der Waals surface area contributed by atoms with Gasteiger partial charge in [-0.05, 0) is 37.1 Å². The molecule has 1 fully saturated rings. The van der Waals surface area contributed by atoms with Gasteiger partial charge in [-0.15, -0.1) is 0 Å². The van der Waals surface area contributed by atoms with Crippen molar-refractivity contribution in [2.45, 2.75) is 38.8 Å². The molecule has 0 spiro atoms. The number of amides is 1. The Labute approximate surface area is 155 Å². The van der Waals surface area contributed by atoms with Crippen LogP contribution in [-0.4, -0.2) is 29.7 Å². The number of rotatable bonds is 8. The first-order valence-corrected chi connectivity index (χ1v) is 9.36. The van der Waals surface area contributed by atoms with Crippen LogP contribution in [0.3, 0.4) is 0 Å². The average molecular weight is 350 g/mol. The smallest absolute Gasteiger partial charge is 0.220 e. The van der Waals surface area contributed by atoms with Crippen LogP contribution in [0.4, 0.5) is 0 Å². The largest absolute Gasteiger partial charge is 0.352 e. The molecule has 0 saturated carbocycles. The van der Waals surface area contributed by atoms with Crippen molar-refractivity contribution in [2.24, 2.45) is 0 Å². The third kappa shape index (κ3) is 5.53. The van der Waals surface area contributed by atoms with Gasteiger partial charge in [-0.1, -0.05) is 54.6 Å². The molecule has 1 aliphatic rings. The highest BCUT2D eigenvalue weighted by Gasteiger charge is 2.12. The van der Waals surface area contributed by atoms with Crippen molar-refractivity contribution in [3.05, 3.63) is 71.3 Å². The fraction of sp³-hybridized carbons (Fsp3) is 0.364. The third-order valence-electron chi connectivity index (χ3n) is 4.79. The predicted molar refractivity (Wildman–Crippen MR) is 103 cm³/mol. The Kier molecular flexibility index (Phi) is 6.56. The fourth-order valence-corrected chi connectivity index (χ4v) is 3.25. The third-order valence-corrected chi connectivity index (χ3v) is 4.79. The summed E-state index contributed by atoms with van der Waals surface area (Å²) in [4.78, 5) is 26.5. The first-order valence-electron chi connectivity index (χ1n) is 9.36. The molecule has 0 aliphatic carbocycles. The second kappa shape index (κ2) is 9.30. The van der Waals surface area contributed by atoms with E-state index in [2.05, 4.69) is 34.5 Å². The summed E-state index contributed by atoms with van der Waals surface area (Å²) in [6.07, 6.45) is 3.07. The Morgan fingerprint density at radius 3 is 2.19 bits per heavy atom. The Bertz CT molecular complexity index is 720. The number of ketones is 1. The number of hydrogen-bond donors (Lipinski definition) is 1. The van der Waals surface area contributed by atoms with Gasteiger partial charge in [0.25, 0.3) is 0 Å². The number of Topliss-reactive ketones (excluding diaryl/α,β-unsaturated/α-hetero) is 1. The van der Waals surface area contributed by atoms with Crippen LogP contribution in [0, 0.1) is 0 Å². The van der Waals surface area contributed by atoms with E-state index in [0.717, 1.165) is 12.1 Å². The van der Waals surface area contributed by atoms with E-state index < -0.39 is 0 Å². The molecule has 0 atom stereocenters. The number of hydrogen-bond acceptors (Lipinski definition) is 3.